The molecule has 4 amide bonds. The van der Waals surface area contributed by atoms with Crippen LogP contribution in [0.1, 0.15) is 81.8 Å². The van der Waals surface area contributed by atoms with Crippen LogP contribution in [0.3, 0.4) is 0 Å². The molecule has 2 aliphatic heterocycles. The molecule has 0 spiro atoms. The topological polar surface area (TPSA) is 195 Å². The number of rotatable bonds is 14. The minimum Gasteiger partial charge on any atom is -0.445 e. The number of nitrogens with zero attached hydrogens (tertiary/aromatic N) is 4. The Bertz CT molecular complexity index is 2940. The van der Waals surface area contributed by atoms with E-state index in [0.717, 1.165) is 62.8 Å². The summed E-state index contributed by atoms with van der Waals surface area (Å²) in [6, 6.07) is 36.5. The molecule has 356 valence electrons. The van der Waals surface area contributed by atoms with Crippen LogP contribution in [0, 0.1) is 11.8 Å². The van der Waals surface area contributed by atoms with Crippen molar-refractivity contribution < 1.29 is 33.8 Å². The lowest BCUT2D eigenvalue weighted by atomic mass is 10.00. The summed E-state index contributed by atoms with van der Waals surface area (Å²) in [7, 11) is 0. The summed E-state index contributed by atoms with van der Waals surface area (Å²) in [5.41, 5.74) is 8.81. The van der Waals surface area contributed by atoms with Crippen molar-refractivity contribution in [2.75, 3.05) is 13.1 Å². The van der Waals surface area contributed by atoms with Crippen LogP contribution in [-0.2, 0) is 32.3 Å². The number of aromatic nitrogens is 4. The zero-order valence-electron chi connectivity index (χ0n) is 39.2. The highest BCUT2D eigenvalue weighted by Crippen LogP contribution is 2.36. The molecule has 9 rings (SSSR count). The van der Waals surface area contributed by atoms with Crippen LogP contribution in [-0.4, -0.2) is 90.1 Å². The fourth-order valence-corrected chi connectivity index (χ4v) is 9.41. The molecule has 5 N–H and O–H groups in total. The van der Waals surface area contributed by atoms with Crippen molar-refractivity contribution in [1.29, 1.82) is 0 Å². The number of fused-ring (bicyclic) bond motifs is 2. The van der Waals surface area contributed by atoms with Crippen molar-refractivity contribution in [2.24, 2.45) is 11.8 Å². The number of hydrogen-bond donors (Lipinski definition) is 5. The normalized spacial score (nSPS) is 17.9. The van der Waals surface area contributed by atoms with E-state index < -0.39 is 36.4 Å². The molecule has 0 saturated carbocycles. The molecule has 2 fully saturated rings. The number of hydrogen-bond acceptors (Lipinski definition) is 9. The molecule has 69 heavy (non-hydrogen) atoms. The number of amides is 4. The van der Waals surface area contributed by atoms with Crippen molar-refractivity contribution >= 4 is 46.1 Å². The maximum Gasteiger partial charge on any atom is 0.408 e. The van der Waals surface area contributed by atoms with Gasteiger partial charge in [0.1, 0.15) is 43.0 Å². The lowest BCUT2D eigenvalue weighted by Gasteiger charge is -2.30. The van der Waals surface area contributed by atoms with Crippen LogP contribution in [0.2, 0.25) is 0 Å². The molecule has 2 saturated heterocycles. The van der Waals surface area contributed by atoms with E-state index in [0.29, 0.717) is 36.7 Å². The second kappa shape index (κ2) is 20.4. The molecule has 5 atom stereocenters. The van der Waals surface area contributed by atoms with E-state index in [1.165, 1.54) is 0 Å². The Balaban J connectivity index is 0.857. The lowest BCUT2D eigenvalue weighted by molar-refractivity contribution is -0.136. The molecule has 2 aliphatic rings. The van der Waals surface area contributed by atoms with Crippen molar-refractivity contribution in [2.45, 2.75) is 90.4 Å². The highest BCUT2D eigenvalue weighted by atomic mass is 16.6. The van der Waals surface area contributed by atoms with Gasteiger partial charge in [-0.15, -0.1) is 0 Å². The monoisotopic (exact) mass is 930 g/mol. The van der Waals surface area contributed by atoms with Crippen LogP contribution >= 0.6 is 0 Å². The Morgan fingerprint density at radius 2 is 1.07 bits per heavy atom. The van der Waals surface area contributed by atoms with Gasteiger partial charge >= 0.3 is 12.2 Å². The predicted octanol–water partition coefficient (Wildman–Crippen LogP) is 8.97. The number of aliphatic hydroxyl groups excluding tert-OH is 1. The van der Waals surface area contributed by atoms with Crippen LogP contribution in [0.5, 0.6) is 0 Å². The standard InChI is InChI=1S/C54H58N8O7/c1-32(2)46(59-53(66)68-30-34-12-7-5-8-13-34)51(64)61-26-11-16-44(61)49-55-40-23-21-38(28-42(40)57-49)36-17-19-37(20-18-36)39-22-24-41-43(29-39)58-50(56-41)48-45(63)25-27-62(48)52(65)47(33(3)4)60-54(67)69-31-35-14-9-6-10-15-35/h5-10,12-15,17-24,28-29,32-33,44-48,63H,11,16,25-27,30-31H2,1-4H3,(H,55,57)(H,56,58)(H,59,66)(H,60,67)/t44-,45+,46-,47-,48-/m0/s1. The van der Waals surface area contributed by atoms with Gasteiger partial charge in [0.2, 0.25) is 11.8 Å². The summed E-state index contributed by atoms with van der Waals surface area (Å²) in [6.07, 6.45) is -0.218. The predicted molar refractivity (Wildman–Crippen MR) is 262 cm³/mol. The summed E-state index contributed by atoms with van der Waals surface area (Å²) < 4.78 is 10.9. The largest absolute Gasteiger partial charge is 0.445 e. The van der Waals surface area contributed by atoms with Gasteiger partial charge in [-0.2, -0.15) is 0 Å². The fraction of sp³-hybridized carbons (Fsp3) is 0.333. The Morgan fingerprint density at radius 1 is 0.609 bits per heavy atom. The van der Waals surface area contributed by atoms with Gasteiger partial charge < -0.3 is 45.0 Å². The average molecular weight is 931 g/mol. The van der Waals surface area contributed by atoms with Crippen LogP contribution in [0.25, 0.3) is 44.3 Å². The van der Waals surface area contributed by atoms with Crippen molar-refractivity contribution in [1.82, 2.24) is 40.4 Å². The molecule has 0 aliphatic carbocycles. The minimum absolute atomic E-state index is 0.0791. The third-order valence-electron chi connectivity index (χ3n) is 13.2. The molecule has 7 aromatic rings. The van der Waals surface area contributed by atoms with Crippen molar-refractivity contribution in [3.63, 3.8) is 0 Å². The smallest absolute Gasteiger partial charge is 0.408 e. The first-order chi connectivity index (χ1) is 33.4. The number of nitrogens with one attached hydrogen (secondary N) is 4. The number of imidazole rings is 2. The molecule has 4 heterocycles. The van der Waals surface area contributed by atoms with Gasteiger partial charge in [0.25, 0.3) is 0 Å². The van der Waals surface area contributed by atoms with Crippen LogP contribution in [0.15, 0.2) is 121 Å². The second-order valence-electron chi connectivity index (χ2n) is 18.7. The van der Waals surface area contributed by atoms with Gasteiger partial charge in [-0.05, 0) is 88.7 Å². The van der Waals surface area contributed by atoms with Crippen LogP contribution in [0.4, 0.5) is 9.59 Å². The number of aliphatic hydroxyl groups is 1. The molecular formula is C54H58N8O7. The Kier molecular flexibility index (Phi) is 13.8. The first-order valence-corrected chi connectivity index (χ1v) is 23.7. The van der Waals surface area contributed by atoms with E-state index in [9.17, 15) is 24.3 Å². The molecule has 15 heteroatoms. The number of aromatic amines is 2. The highest BCUT2D eigenvalue weighted by molar-refractivity contribution is 5.89. The van der Waals surface area contributed by atoms with E-state index in [-0.39, 0.29) is 42.9 Å². The van der Waals surface area contributed by atoms with Gasteiger partial charge in [0.05, 0.1) is 34.2 Å². The van der Waals surface area contributed by atoms with E-state index in [2.05, 4.69) is 50.9 Å². The van der Waals surface area contributed by atoms with Crippen molar-refractivity contribution in [3.05, 3.63) is 144 Å². The van der Waals surface area contributed by atoms with Gasteiger partial charge in [0.15, 0.2) is 0 Å². The molecule has 5 aromatic carbocycles. The molecule has 0 unspecified atom stereocenters. The van der Waals surface area contributed by atoms with Gasteiger partial charge in [-0.1, -0.05) is 125 Å². The first-order valence-electron chi connectivity index (χ1n) is 23.7. The summed E-state index contributed by atoms with van der Waals surface area (Å²) >= 11 is 0. The molecular weight excluding hydrogens is 873 g/mol. The second-order valence-corrected chi connectivity index (χ2v) is 18.7. The Hall–Kier alpha value is -7.52. The van der Waals surface area contributed by atoms with E-state index in [1.807, 2.05) is 124 Å². The maximum absolute atomic E-state index is 14.0. The average Bonchev–Trinajstić information content (AvgIpc) is 4.19. The zero-order chi connectivity index (χ0) is 48.2. The number of carbonyl (C=O) groups excluding carboxylic acids is 4. The lowest BCUT2D eigenvalue weighted by Crippen LogP contribution is -2.51. The van der Waals surface area contributed by atoms with E-state index in [1.54, 1.807) is 4.90 Å². The number of H-pyrrole nitrogens is 2. The maximum atomic E-state index is 14.0. The number of benzene rings is 5. The highest BCUT2D eigenvalue weighted by Gasteiger charge is 2.43. The Morgan fingerprint density at radius 3 is 1.58 bits per heavy atom. The summed E-state index contributed by atoms with van der Waals surface area (Å²) in [4.78, 5) is 73.8. The Labute approximate surface area is 400 Å². The van der Waals surface area contributed by atoms with E-state index >= 15 is 0 Å². The van der Waals surface area contributed by atoms with Crippen molar-refractivity contribution in [3.8, 4) is 22.3 Å². The number of alkyl carbamates (subject to hydrolysis) is 2. The minimum atomic E-state index is -0.864. The van der Waals surface area contributed by atoms with Crippen LogP contribution < -0.4 is 10.6 Å². The van der Waals surface area contributed by atoms with Gasteiger partial charge in [-0.3, -0.25) is 9.59 Å². The number of likely N-dealkylation sites (tertiary alicyclic amines) is 2. The first kappa shape index (κ1) is 46.6. The molecule has 15 nitrogen and oxygen atoms in total. The molecule has 0 bridgehead atoms. The third kappa shape index (κ3) is 10.3. The number of ether oxygens (including phenoxy) is 2. The quantitative estimate of drug-likeness (QED) is 0.0708. The summed E-state index contributed by atoms with van der Waals surface area (Å²) in [6.45, 7) is 8.62. The SMILES string of the molecule is CC(C)[C@H](NC(=O)OCc1ccccc1)C(=O)N1CC[C@@H](O)[C@H]1c1nc2ccc(-c3ccc(-c4ccc5nc([C@@H]6CCCN6C(=O)[C@@H](NC(=O)OCc6ccccc6)C(C)C)[nH]c5c4)cc3)cc2[nH]1. The zero-order valence-corrected chi connectivity index (χ0v) is 39.2. The van der Waals surface area contributed by atoms with Gasteiger partial charge in [-0.25, -0.2) is 19.6 Å². The summed E-state index contributed by atoms with van der Waals surface area (Å²) in [5, 5.41) is 16.8. The fourth-order valence-electron chi connectivity index (χ4n) is 9.41. The number of carbonyl (C=O) groups is 4. The van der Waals surface area contributed by atoms with Gasteiger partial charge in [0, 0.05) is 13.1 Å². The third-order valence-corrected chi connectivity index (χ3v) is 13.2. The summed E-state index contributed by atoms with van der Waals surface area (Å²) in [5.74, 6) is 0.321. The molecule has 0 radical (unpaired) electrons. The van der Waals surface area contributed by atoms with E-state index in [4.69, 9.17) is 19.4 Å². The molecule has 2 aromatic heterocycles.